The predicted molar refractivity (Wildman–Crippen MR) is 75.7 cm³/mol. The first-order valence-electron chi connectivity index (χ1n) is 7.14. The molecule has 0 spiro atoms. The lowest BCUT2D eigenvalue weighted by atomic mass is 10.2. The summed E-state index contributed by atoms with van der Waals surface area (Å²) in [4.78, 5) is 27.7. The first-order valence-corrected chi connectivity index (χ1v) is 7.14. The third-order valence-corrected chi connectivity index (χ3v) is 3.53. The Morgan fingerprint density at radius 3 is 2.42 bits per heavy atom. The molecule has 1 saturated carbocycles. The molecule has 5 heteroatoms. The quantitative estimate of drug-likeness (QED) is 0.700. The first kappa shape index (κ1) is 16.0. The fraction of sp³-hybridized carbons (Fsp3) is 0.857. The molecular weight excluding hydrogens is 242 g/mol. The molecule has 1 rings (SSSR count). The molecule has 1 aliphatic rings. The predicted octanol–water partition coefficient (Wildman–Crippen LogP) is 0.559. The molecule has 2 unspecified atom stereocenters. The molecular formula is C14H27N3O2. The zero-order valence-electron chi connectivity index (χ0n) is 12.6. The standard InChI is InChI=1S/C14H27N3O2/c1-5-6-8-17(4)14(19)12-10-11(12)13(18)15-7-9-16(2)3/h11-12H,5-10H2,1-4H3,(H,15,18). The molecule has 0 aliphatic heterocycles. The van der Waals surface area contributed by atoms with E-state index >= 15 is 0 Å². The zero-order chi connectivity index (χ0) is 14.4. The van der Waals surface area contributed by atoms with Crippen LogP contribution in [-0.2, 0) is 9.59 Å². The molecule has 0 saturated heterocycles. The number of carbonyl (C=O) groups excluding carboxylic acids is 2. The van der Waals surface area contributed by atoms with E-state index in [4.69, 9.17) is 0 Å². The van der Waals surface area contributed by atoms with Gasteiger partial charge in [-0.3, -0.25) is 9.59 Å². The second kappa shape index (κ2) is 7.48. The summed E-state index contributed by atoms with van der Waals surface area (Å²) in [5, 5.41) is 2.89. The lowest BCUT2D eigenvalue weighted by Crippen LogP contribution is -2.34. The molecule has 19 heavy (non-hydrogen) atoms. The van der Waals surface area contributed by atoms with Crippen LogP contribution in [0.15, 0.2) is 0 Å². The van der Waals surface area contributed by atoms with Crippen LogP contribution in [0.5, 0.6) is 0 Å². The van der Waals surface area contributed by atoms with Crippen LogP contribution in [0, 0.1) is 11.8 Å². The monoisotopic (exact) mass is 269 g/mol. The smallest absolute Gasteiger partial charge is 0.226 e. The number of carbonyl (C=O) groups is 2. The minimum Gasteiger partial charge on any atom is -0.355 e. The summed E-state index contributed by atoms with van der Waals surface area (Å²) in [6, 6.07) is 0. The van der Waals surface area contributed by atoms with Gasteiger partial charge in [0.05, 0.1) is 11.8 Å². The van der Waals surface area contributed by atoms with Gasteiger partial charge in [-0.05, 0) is 26.9 Å². The topological polar surface area (TPSA) is 52.7 Å². The average molecular weight is 269 g/mol. The van der Waals surface area contributed by atoms with Gasteiger partial charge in [0.1, 0.15) is 0 Å². The van der Waals surface area contributed by atoms with Gasteiger partial charge >= 0.3 is 0 Å². The number of unbranched alkanes of at least 4 members (excludes halogenated alkanes) is 1. The second-order valence-electron chi connectivity index (χ2n) is 5.66. The van der Waals surface area contributed by atoms with Crippen LogP contribution in [0.3, 0.4) is 0 Å². The number of hydrogen-bond acceptors (Lipinski definition) is 3. The van der Waals surface area contributed by atoms with Crippen LogP contribution in [-0.4, -0.2) is 62.4 Å². The van der Waals surface area contributed by atoms with E-state index in [1.165, 1.54) is 0 Å². The van der Waals surface area contributed by atoms with Crippen molar-refractivity contribution in [2.24, 2.45) is 11.8 Å². The minimum absolute atomic E-state index is 0.0316. The van der Waals surface area contributed by atoms with E-state index in [1.807, 2.05) is 26.0 Å². The Balaban J connectivity index is 2.25. The number of nitrogens with one attached hydrogen (secondary N) is 1. The van der Waals surface area contributed by atoms with E-state index in [2.05, 4.69) is 12.2 Å². The van der Waals surface area contributed by atoms with Crippen molar-refractivity contribution < 1.29 is 9.59 Å². The SMILES string of the molecule is CCCCN(C)C(=O)C1CC1C(=O)NCCN(C)C. The van der Waals surface area contributed by atoms with Gasteiger partial charge in [-0.15, -0.1) is 0 Å². The third-order valence-electron chi connectivity index (χ3n) is 3.53. The van der Waals surface area contributed by atoms with Gasteiger partial charge in [0.25, 0.3) is 0 Å². The van der Waals surface area contributed by atoms with Crippen molar-refractivity contribution in [1.82, 2.24) is 15.1 Å². The zero-order valence-corrected chi connectivity index (χ0v) is 12.6. The van der Waals surface area contributed by atoms with Crippen LogP contribution >= 0.6 is 0 Å². The first-order chi connectivity index (χ1) is 8.97. The molecule has 0 bridgehead atoms. The normalized spacial score (nSPS) is 21.3. The highest BCUT2D eigenvalue weighted by molar-refractivity contribution is 5.92. The summed E-state index contributed by atoms with van der Waals surface area (Å²) in [5.41, 5.74) is 0. The lowest BCUT2D eigenvalue weighted by molar-refractivity contribution is -0.133. The summed E-state index contributed by atoms with van der Waals surface area (Å²) in [5.74, 6) is -0.0229. The van der Waals surface area contributed by atoms with Gasteiger partial charge in [0.15, 0.2) is 0 Å². The Morgan fingerprint density at radius 1 is 1.16 bits per heavy atom. The summed E-state index contributed by atoms with van der Waals surface area (Å²) >= 11 is 0. The molecule has 2 amide bonds. The number of hydrogen-bond donors (Lipinski definition) is 1. The summed E-state index contributed by atoms with van der Waals surface area (Å²) in [6.07, 6.45) is 2.81. The molecule has 0 aromatic rings. The molecule has 1 fully saturated rings. The highest BCUT2D eigenvalue weighted by Crippen LogP contribution is 2.39. The lowest BCUT2D eigenvalue weighted by Gasteiger charge is -2.16. The van der Waals surface area contributed by atoms with Crippen LogP contribution < -0.4 is 5.32 Å². The van der Waals surface area contributed by atoms with Gasteiger partial charge in [-0.2, -0.15) is 0 Å². The van der Waals surface area contributed by atoms with Crippen LogP contribution in [0.25, 0.3) is 0 Å². The maximum Gasteiger partial charge on any atom is 0.226 e. The Hall–Kier alpha value is -1.10. The molecule has 110 valence electrons. The molecule has 1 N–H and O–H groups in total. The number of nitrogens with zero attached hydrogens (tertiary/aromatic N) is 2. The average Bonchev–Trinajstić information content (AvgIpc) is 3.14. The van der Waals surface area contributed by atoms with Crippen molar-refractivity contribution in [3.8, 4) is 0 Å². The van der Waals surface area contributed by atoms with E-state index in [-0.39, 0.29) is 23.7 Å². The van der Waals surface area contributed by atoms with E-state index in [1.54, 1.807) is 4.90 Å². The molecule has 1 aliphatic carbocycles. The molecule has 0 aromatic carbocycles. The van der Waals surface area contributed by atoms with E-state index in [0.717, 1.165) is 25.9 Å². The van der Waals surface area contributed by atoms with Gasteiger partial charge in [0.2, 0.25) is 11.8 Å². The summed E-state index contributed by atoms with van der Waals surface area (Å²) in [7, 11) is 5.77. The molecule has 2 atom stereocenters. The maximum absolute atomic E-state index is 12.0. The second-order valence-corrected chi connectivity index (χ2v) is 5.66. The highest BCUT2D eigenvalue weighted by Gasteiger charge is 2.48. The maximum atomic E-state index is 12.0. The fourth-order valence-corrected chi connectivity index (χ4v) is 2.08. The van der Waals surface area contributed by atoms with Crippen molar-refractivity contribution in [3.05, 3.63) is 0 Å². The Bertz CT molecular complexity index is 318. The summed E-state index contributed by atoms with van der Waals surface area (Å²) < 4.78 is 0. The van der Waals surface area contributed by atoms with E-state index in [0.29, 0.717) is 13.0 Å². The van der Waals surface area contributed by atoms with Gasteiger partial charge in [-0.25, -0.2) is 0 Å². The van der Waals surface area contributed by atoms with Gasteiger partial charge in [-0.1, -0.05) is 13.3 Å². The largest absolute Gasteiger partial charge is 0.355 e. The van der Waals surface area contributed by atoms with Crippen LogP contribution in [0.1, 0.15) is 26.2 Å². The molecule has 5 nitrogen and oxygen atoms in total. The van der Waals surface area contributed by atoms with Crippen molar-refractivity contribution in [3.63, 3.8) is 0 Å². The van der Waals surface area contributed by atoms with E-state index < -0.39 is 0 Å². The Kier molecular flexibility index (Phi) is 6.28. The third kappa shape index (κ3) is 5.19. The van der Waals surface area contributed by atoms with Gasteiger partial charge < -0.3 is 15.1 Å². The highest BCUT2D eigenvalue weighted by atomic mass is 16.2. The van der Waals surface area contributed by atoms with Crippen molar-refractivity contribution in [1.29, 1.82) is 0 Å². The van der Waals surface area contributed by atoms with Crippen molar-refractivity contribution in [2.75, 3.05) is 40.8 Å². The van der Waals surface area contributed by atoms with Gasteiger partial charge in [0, 0.05) is 26.7 Å². The van der Waals surface area contributed by atoms with Crippen molar-refractivity contribution in [2.45, 2.75) is 26.2 Å². The number of amides is 2. The molecule has 0 aromatic heterocycles. The fourth-order valence-electron chi connectivity index (χ4n) is 2.08. The molecule has 0 radical (unpaired) electrons. The van der Waals surface area contributed by atoms with Crippen LogP contribution in [0.4, 0.5) is 0 Å². The number of rotatable bonds is 8. The molecule has 0 heterocycles. The van der Waals surface area contributed by atoms with Crippen molar-refractivity contribution >= 4 is 11.8 Å². The summed E-state index contributed by atoms with van der Waals surface area (Å²) in [6.45, 7) is 4.37. The number of likely N-dealkylation sites (N-methyl/N-ethyl adjacent to an activating group) is 1. The van der Waals surface area contributed by atoms with Crippen LogP contribution in [0.2, 0.25) is 0 Å². The van der Waals surface area contributed by atoms with E-state index in [9.17, 15) is 9.59 Å². The Labute approximate surface area is 116 Å². The minimum atomic E-state index is -0.0984. The Morgan fingerprint density at radius 2 is 1.84 bits per heavy atom.